The minimum atomic E-state index is -0.895. The van der Waals surface area contributed by atoms with Crippen molar-refractivity contribution in [2.45, 2.75) is 50.5 Å². The lowest BCUT2D eigenvalue weighted by molar-refractivity contribution is -0.129. The highest BCUT2D eigenvalue weighted by Gasteiger charge is 2.42. The second-order valence-electron chi connectivity index (χ2n) is 10.1. The van der Waals surface area contributed by atoms with Gasteiger partial charge >= 0.3 is 0 Å². The Labute approximate surface area is 209 Å². The van der Waals surface area contributed by atoms with Crippen LogP contribution >= 0.6 is 0 Å². The molecule has 2 saturated heterocycles. The Morgan fingerprint density at radius 3 is 2.47 bits per heavy atom. The van der Waals surface area contributed by atoms with Gasteiger partial charge in [0.25, 0.3) is 0 Å². The van der Waals surface area contributed by atoms with Gasteiger partial charge in [0.05, 0.1) is 18.2 Å². The van der Waals surface area contributed by atoms with Crippen molar-refractivity contribution in [1.29, 1.82) is 0 Å². The molecule has 7 heteroatoms. The van der Waals surface area contributed by atoms with E-state index in [4.69, 9.17) is 4.74 Å². The molecule has 0 saturated carbocycles. The summed E-state index contributed by atoms with van der Waals surface area (Å²) in [6.45, 7) is 3.99. The van der Waals surface area contributed by atoms with E-state index in [0.29, 0.717) is 25.1 Å². The van der Waals surface area contributed by atoms with Crippen molar-refractivity contribution >= 4 is 5.91 Å². The number of ether oxygens (including phenoxy) is 1. The van der Waals surface area contributed by atoms with Gasteiger partial charge in [0, 0.05) is 50.6 Å². The molecule has 0 radical (unpaired) electrons. The first-order chi connectivity index (χ1) is 17.5. The molecule has 3 aliphatic rings. The van der Waals surface area contributed by atoms with Gasteiger partial charge in [0.1, 0.15) is 0 Å². The fraction of sp³-hybridized carbons (Fsp3) is 0.379. The Kier molecular flexibility index (Phi) is 6.05. The highest BCUT2D eigenvalue weighted by Crippen LogP contribution is 2.44. The van der Waals surface area contributed by atoms with E-state index in [-0.39, 0.29) is 11.5 Å². The van der Waals surface area contributed by atoms with Gasteiger partial charge in [-0.2, -0.15) is 0 Å². The zero-order valence-corrected chi connectivity index (χ0v) is 20.1. The first-order valence-corrected chi connectivity index (χ1v) is 12.7. The van der Waals surface area contributed by atoms with Crippen LogP contribution in [0.1, 0.15) is 59.5 Å². The molecule has 1 unspecified atom stereocenters. The Morgan fingerprint density at radius 2 is 1.75 bits per heavy atom. The molecule has 0 aliphatic carbocycles. The van der Waals surface area contributed by atoms with Crippen molar-refractivity contribution in [3.63, 3.8) is 0 Å². The number of fused-ring (bicyclic) bond motifs is 2. The molecule has 0 bridgehead atoms. The SMILES string of the molecule is O=C1CCCN1C(c1ccc(CN2CCC3(CC2)OCc2ccncc23)cc1)c1ccc(F)c(F)c1. The van der Waals surface area contributed by atoms with Gasteiger partial charge in [-0.1, -0.05) is 30.3 Å². The zero-order chi connectivity index (χ0) is 24.7. The summed E-state index contributed by atoms with van der Waals surface area (Å²) in [6, 6.07) is 13.7. The number of carbonyl (C=O) groups excluding carboxylic acids is 1. The molecule has 5 nitrogen and oxygen atoms in total. The van der Waals surface area contributed by atoms with Crippen LogP contribution in [0.4, 0.5) is 8.78 Å². The predicted octanol–water partition coefficient (Wildman–Crippen LogP) is 5.09. The summed E-state index contributed by atoms with van der Waals surface area (Å²) in [5.74, 6) is -1.73. The largest absolute Gasteiger partial charge is 0.365 e. The lowest BCUT2D eigenvalue weighted by Gasteiger charge is -2.39. The molecular formula is C29H29F2N3O2. The third-order valence-corrected chi connectivity index (χ3v) is 7.95. The zero-order valence-electron chi connectivity index (χ0n) is 20.1. The van der Waals surface area contributed by atoms with Crippen LogP contribution < -0.4 is 0 Å². The number of pyridine rings is 1. The summed E-state index contributed by atoms with van der Waals surface area (Å²) >= 11 is 0. The van der Waals surface area contributed by atoms with E-state index in [2.05, 4.69) is 28.1 Å². The summed E-state index contributed by atoms with van der Waals surface area (Å²) in [7, 11) is 0. The summed E-state index contributed by atoms with van der Waals surface area (Å²) < 4.78 is 33.9. The van der Waals surface area contributed by atoms with E-state index >= 15 is 0 Å². The minimum absolute atomic E-state index is 0.0435. The average molecular weight is 490 g/mol. The Bertz CT molecular complexity index is 1270. The Hall–Kier alpha value is -3.16. The number of rotatable bonds is 5. The monoisotopic (exact) mass is 489 g/mol. The first kappa shape index (κ1) is 23.3. The van der Waals surface area contributed by atoms with E-state index in [1.54, 1.807) is 11.0 Å². The third-order valence-electron chi connectivity index (χ3n) is 7.95. The molecule has 186 valence electrons. The maximum Gasteiger partial charge on any atom is 0.223 e. The number of nitrogens with zero attached hydrogens (tertiary/aromatic N) is 3. The van der Waals surface area contributed by atoms with Gasteiger partial charge in [-0.25, -0.2) is 8.78 Å². The number of piperidine rings is 1. The van der Waals surface area contributed by atoms with Crippen molar-refractivity contribution < 1.29 is 18.3 Å². The molecule has 6 rings (SSSR count). The summed E-state index contributed by atoms with van der Waals surface area (Å²) in [6.07, 6.45) is 6.94. The molecule has 2 aromatic carbocycles. The van der Waals surface area contributed by atoms with Crippen LogP contribution in [0, 0.1) is 11.6 Å². The number of hydrogen-bond acceptors (Lipinski definition) is 4. The van der Waals surface area contributed by atoms with Crippen LogP contribution in [0.5, 0.6) is 0 Å². The lowest BCUT2D eigenvalue weighted by Crippen LogP contribution is -2.42. The fourth-order valence-corrected chi connectivity index (χ4v) is 5.98. The number of carbonyl (C=O) groups is 1. The second-order valence-corrected chi connectivity index (χ2v) is 10.1. The quantitative estimate of drug-likeness (QED) is 0.501. The number of hydrogen-bond donors (Lipinski definition) is 0. The second kappa shape index (κ2) is 9.37. The van der Waals surface area contributed by atoms with E-state index in [1.807, 2.05) is 24.5 Å². The first-order valence-electron chi connectivity index (χ1n) is 12.7. The minimum Gasteiger partial charge on any atom is -0.365 e. The molecule has 3 aromatic rings. The molecular weight excluding hydrogens is 460 g/mol. The Balaban J connectivity index is 1.17. The molecule has 36 heavy (non-hydrogen) atoms. The topological polar surface area (TPSA) is 45.7 Å². The van der Waals surface area contributed by atoms with Crippen molar-refractivity contribution in [1.82, 2.24) is 14.8 Å². The number of aromatic nitrogens is 1. The smallest absolute Gasteiger partial charge is 0.223 e. The van der Waals surface area contributed by atoms with Crippen LogP contribution in [0.2, 0.25) is 0 Å². The van der Waals surface area contributed by atoms with Crippen LogP contribution in [-0.4, -0.2) is 40.3 Å². The normalized spacial score (nSPS) is 20.2. The predicted molar refractivity (Wildman–Crippen MR) is 131 cm³/mol. The summed E-state index contributed by atoms with van der Waals surface area (Å²) in [4.78, 5) is 21.1. The van der Waals surface area contributed by atoms with Gasteiger partial charge in [-0.05, 0) is 59.7 Å². The molecule has 1 aromatic heterocycles. The van der Waals surface area contributed by atoms with E-state index in [1.165, 1.54) is 22.8 Å². The van der Waals surface area contributed by atoms with Crippen molar-refractivity contribution in [3.05, 3.63) is 100 Å². The van der Waals surface area contributed by atoms with Crippen molar-refractivity contribution in [3.8, 4) is 0 Å². The average Bonchev–Trinajstić information content (AvgIpc) is 3.48. The number of likely N-dealkylation sites (tertiary alicyclic amines) is 2. The van der Waals surface area contributed by atoms with Gasteiger partial charge in [0.2, 0.25) is 5.91 Å². The molecule has 1 amide bonds. The van der Waals surface area contributed by atoms with Crippen LogP contribution in [-0.2, 0) is 28.3 Å². The summed E-state index contributed by atoms with van der Waals surface area (Å²) in [5.41, 5.74) is 4.96. The molecule has 3 aliphatic heterocycles. The fourth-order valence-electron chi connectivity index (χ4n) is 5.98. The highest BCUT2D eigenvalue weighted by atomic mass is 19.2. The molecule has 1 spiro atoms. The van der Waals surface area contributed by atoms with Gasteiger partial charge in [-0.15, -0.1) is 0 Å². The van der Waals surface area contributed by atoms with E-state index in [0.717, 1.165) is 50.5 Å². The number of amides is 1. The third kappa shape index (κ3) is 4.20. The summed E-state index contributed by atoms with van der Waals surface area (Å²) in [5, 5.41) is 0. The molecule has 0 N–H and O–H groups in total. The number of halogens is 2. The van der Waals surface area contributed by atoms with Gasteiger partial charge in [0.15, 0.2) is 11.6 Å². The number of benzene rings is 2. The van der Waals surface area contributed by atoms with Crippen LogP contribution in [0.25, 0.3) is 0 Å². The molecule has 4 heterocycles. The highest BCUT2D eigenvalue weighted by molar-refractivity contribution is 5.79. The van der Waals surface area contributed by atoms with Crippen molar-refractivity contribution in [2.24, 2.45) is 0 Å². The lowest BCUT2D eigenvalue weighted by atomic mass is 9.84. The van der Waals surface area contributed by atoms with Crippen LogP contribution in [0.15, 0.2) is 60.9 Å². The molecule has 1 atom stereocenters. The van der Waals surface area contributed by atoms with E-state index < -0.39 is 17.7 Å². The van der Waals surface area contributed by atoms with Crippen molar-refractivity contribution in [2.75, 3.05) is 19.6 Å². The Morgan fingerprint density at radius 1 is 0.972 bits per heavy atom. The molecule has 2 fully saturated rings. The maximum absolute atomic E-state index is 14.1. The standard InChI is InChI=1S/C29H29F2N3O2/c30-25-8-7-22(16-26(25)31)28(34-13-1-2-27(34)35)21-5-3-20(4-6-21)18-33-14-10-29(11-15-33)24-17-32-12-9-23(24)19-36-29/h3-9,12,16-17,28H,1-2,10-11,13-15,18-19H2. The maximum atomic E-state index is 14.1. The van der Waals surface area contributed by atoms with Gasteiger partial charge < -0.3 is 9.64 Å². The van der Waals surface area contributed by atoms with Gasteiger partial charge in [-0.3, -0.25) is 14.7 Å². The van der Waals surface area contributed by atoms with Crippen LogP contribution in [0.3, 0.4) is 0 Å². The van der Waals surface area contributed by atoms with E-state index in [9.17, 15) is 13.6 Å².